The molecular weight excluding hydrogens is 230 g/mol. The van der Waals surface area contributed by atoms with Gasteiger partial charge in [-0.05, 0) is 5.56 Å². The van der Waals surface area contributed by atoms with E-state index >= 15 is 0 Å². The molecule has 0 aliphatic rings. The van der Waals surface area contributed by atoms with Crippen LogP contribution in [0.15, 0.2) is 43.0 Å². The third-order valence-electron chi connectivity index (χ3n) is 2.44. The van der Waals surface area contributed by atoms with E-state index in [0.717, 1.165) is 5.56 Å². The van der Waals surface area contributed by atoms with Gasteiger partial charge in [0.05, 0.1) is 19.3 Å². The van der Waals surface area contributed by atoms with E-state index in [2.05, 4.69) is 11.9 Å². The minimum Gasteiger partial charge on any atom is -0.386 e. The molecule has 2 atom stereocenters. The summed E-state index contributed by atoms with van der Waals surface area (Å²) in [5.74, 6) is -0.197. The van der Waals surface area contributed by atoms with Gasteiger partial charge in [0, 0.05) is 6.92 Å². The van der Waals surface area contributed by atoms with Crippen molar-refractivity contribution < 1.29 is 14.6 Å². The van der Waals surface area contributed by atoms with E-state index in [0.29, 0.717) is 6.61 Å². The lowest BCUT2D eigenvalue weighted by Gasteiger charge is -2.23. The van der Waals surface area contributed by atoms with E-state index in [4.69, 9.17) is 4.74 Å². The van der Waals surface area contributed by atoms with E-state index < -0.39 is 12.1 Å². The minimum atomic E-state index is -0.792. The van der Waals surface area contributed by atoms with E-state index in [1.165, 1.54) is 6.92 Å². The van der Waals surface area contributed by atoms with Crippen LogP contribution in [-0.2, 0) is 9.53 Å². The van der Waals surface area contributed by atoms with E-state index in [1.54, 1.807) is 6.08 Å². The first-order valence-electron chi connectivity index (χ1n) is 5.84. The summed E-state index contributed by atoms with van der Waals surface area (Å²) in [6, 6.07) is 8.71. The van der Waals surface area contributed by atoms with Crippen LogP contribution in [0.1, 0.15) is 18.6 Å². The van der Waals surface area contributed by atoms with Gasteiger partial charge in [0.25, 0.3) is 0 Å². The zero-order valence-corrected chi connectivity index (χ0v) is 10.5. The Kier molecular flexibility index (Phi) is 6.11. The van der Waals surface area contributed by atoms with Gasteiger partial charge in [-0.2, -0.15) is 0 Å². The summed E-state index contributed by atoms with van der Waals surface area (Å²) >= 11 is 0. The summed E-state index contributed by atoms with van der Waals surface area (Å²) in [5, 5.41) is 12.9. The zero-order valence-electron chi connectivity index (χ0n) is 10.5. The second kappa shape index (κ2) is 7.63. The normalized spacial score (nSPS) is 13.7. The molecular formula is C14H19NO3. The fourth-order valence-corrected chi connectivity index (χ4v) is 1.63. The van der Waals surface area contributed by atoms with Crippen molar-refractivity contribution in [1.82, 2.24) is 5.32 Å². The Labute approximate surface area is 107 Å². The molecule has 1 rings (SSSR count). The summed E-state index contributed by atoms with van der Waals surface area (Å²) in [5.41, 5.74) is 0.749. The van der Waals surface area contributed by atoms with Crippen LogP contribution in [0.2, 0.25) is 0 Å². The van der Waals surface area contributed by atoms with Crippen LogP contribution in [0, 0.1) is 0 Å². The van der Waals surface area contributed by atoms with Crippen LogP contribution in [0.4, 0.5) is 0 Å². The van der Waals surface area contributed by atoms with Crippen molar-refractivity contribution in [3.8, 4) is 0 Å². The van der Waals surface area contributed by atoms with E-state index in [9.17, 15) is 9.90 Å². The molecule has 18 heavy (non-hydrogen) atoms. The standard InChI is InChI=1S/C14H19NO3/c1-3-9-18-10-13(15-11(2)16)14(17)12-7-5-4-6-8-12/h3-8,13-14,17H,1,9-10H2,2H3,(H,15,16)/t13-,14-/m0/s1. The van der Waals surface area contributed by atoms with Crippen LogP contribution in [0.25, 0.3) is 0 Å². The number of carbonyl (C=O) groups excluding carboxylic acids is 1. The summed E-state index contributed by atoms with van der Waals surface area (Å²) in [6.45, 7) is 5.59. The molecule has 1 amide bonds. The number of amides is 1. The molecule has 1 aromatic rings. The lowest BCUT2D eigenvalue weighted by atomic mass is 10.0. The van der Waals surface area contributed by atoms with Crippen molar-refractivity contribution in [1.29, 1.82) is 0 Å². The Morgan fingerprint density at radius 3 is 2.72 bits per heavy atom. The quantitative estimate of drug-likeness (QED) is 0.567. The van der Waals surface area contributed by atoms with Crippen molar-refractivity contribution in [3.05, 3.63) is 48.6 Å². The Morgan fingerprint density at radius 1 is 1.50 bits per heavy atom. The predicted octanol–water partition coefficient (Wildman–Crippen LogP) is 1.43. The molecule has 4 heteroatoms. The number of aliphatic hydroxyl groups is 1. The van der Waals surface area contributed by atoms with Gasteiger partial charge in [-0.1, -0.05) is 36.4 Å². The average molecular weight is 249 g/mol. The highest BCUT2D eigenvalue weighted by atomic mass is 16.5. The molecule has 0 aliphatic carbocycles. The fourth-order valence-electron chi connectivity index (χ4n) is 1.63. The molecule has 2 N–H and O–H groups in total. The van der Waals surface area contributed by atoms with Crippen LogP contribution in [-0.4, -0.2) is 30.3 Å². The Hall–Kier alpha value is -1.65. The zero-order chi connectivity index (χ0) is 13.4. The molecule has 0 saturated carbocycles. The Morgan fingerprint density at radius 2 is 2.17 bits per heavy atom. The number of ether oxygens (including phenoxy) is 1. The summed E-state index contributed by atoms with van der Waals surface area (Å²) in [6.07, 6.45) is 0.833. The summed E-state index contributed by atoms with van der Waals surface area (Å²) in [7, 11) is 0. The minimum absolute atomic E-state index is 0.197. The van der Waals surface area contributed by atoms with Crippen molar-refractivity contribution in [2.24, 2.45) is 0 Å². The monoisotopic (exact) mass is 249 g/mol. The van der Waals surface area contributed by atoms with Gasteiger partial charge in [0.15, 0.2) is 0 Å². The molecule has 0 heterocycles. The van der Waals surface area contributed by atoms with Crippen LogP contribution in [0.3, 0.4) is 0 Å². The number of rotatable bonds is 7. The van der Waals surface area contributed by atoms with Gasteiger partial charge in [-0.25, -0.2) is 0 Å². The SMILES string of the molecule is C=CCOC[C@H](NC(C)=O)[C@@H](O)c1ccccc1. The maximum absolute atomic E-state index is 11.1. The topological polar surface area (TPSA) is 58.6 Å². The van der Waals surface area contributed by atoms with Gasteiger partial charge < -0.3 is 15.2 Å². The first-order chi connectivity index (χ1) is 8.65. The molecule has 0 fully saturated rings. The van der Waals surface area contributed by atoms with Crippen LogP contribution in [0.5, 0.6) is 0 Å². The number of aliphatic hydroxyl groups excluding tert-OH is 1. The lowest BCUT2D eigenvalue weighted by molar-refractivity contribution is -0.121. The second-order valence-corrected chi connectivity index (χ2v) is 3.99. The second-order valence-electron chi connectivity index (χ2n) is 3.99. The van der Waals surface area contributed by atoms with Gasteiger partial charge in [-0.15, -0.1) is 6.58 Å². The first-order valence-corrected chi connectivity index (χ1v) is 5.84. The van der Waals surface area contributed by atoms with Crippen LogP contribution < -0.4 is 5.32 Å². The van der Waals surface area contributed by atoms with Crippen molar-refractivity contribution in [2.75, 3.05) is 13.2 Å². The Balaban J connectivity index is 2.68. The van der Waals surface area contributed by atoms with Crippen molar-refractivity contribution in [2.45, 2.75) is 19.1 Å². The molecule has 0 radical (unpaired) electrons. The molecule has 0 bridgehead atoms. The molecule has 0 unspecified atom stereocenters. The third-order valence-corrected chi connectivity index (χ3v) is 2.44. The highest BCUT2D eigenvalue weighted by molar-refractivity contribution is 5.73. The van der Waals surface area contributed by atoms with Gasteiger partial charge in [0.2, 0.25) is 5.91 Å². The van der Waals surface area contributed by atoms with Crippen molar-refractivity contribution in [3.63, 3.8) is 0 Å². The highest BCUT2D eigenvalue weighted by Crippen LogP contribution is 2.16. The third kappa shape index (κ3) is 4.69. The number of hydrogen-bond acceptors (Lipinski definition) is 3. The lowest BCUT2D eigenvalue weighted by Crippen LogP contribution is -2.41. The number of carbonyl (C=O) groups is 1. The molecule has 98 valence electrons. The Bertz CT molecular complexity index is 378. The summed E-state index contributed by atoms with van der Waals surface area (Å²) < 4.78 is 5.30. The molecule has 0 saturated heterocycles. The summed E-state index contributed by atoms with van der Waals surface area (Å²) in [4.78, 5) is 11.1. The fraction of sp³-hybridized carbons (Fsp3) is 0.357. The van der Waals surface area contributed by atoms with Gasteiger partial charge in [-0.3, -0.25) is 4.79 Å². The largest absolute Gasteiger partial charge is 0.386 e. The maximum Gasteiger partial charge on any atom is 0.217 e. The van der Waals surface area contributed by atoms with E-state index in [1.807, 2.05) is 30.3 Å². The smallest absolute Gasteiger partial charge is 0.217 e. The number of hydrogen-bond donors (Lipinski definition) is 2. The highest BCUT2D eigenvalue weighted by Gasteiger charge is 2.21. The number of benzene rings is 1. The van der Waals surface area contributed by atoms with Crippen LogP contribution >= 0.6 is 0 Å². The molecule has 4 nitrogen and oxygen atoms in total. The average Bonchev–Trinajstić information content (AvgIpc) is 2.37. The molecule has 1 aromatic carbocycles. The number of nitrogens with one attached hydrogen (secondary N) is 1. The first kappa shape index (κ1) is 14.4. The molecule has 0 aliphatic heterocycles. The maximum atomic E-state index is 11.1. The molecule has 0 aromatic heterocycles. The molecule has 0 spiro atoms. The van der Waals surface area contributed by atoms with Crippen molar-refractivity contribution >= 4 is 5.91 Å². The van der Waals surface area contributed by atoms with E-state index in [-0.39, 0.29) is 12.5 Å². The van der Waals surface area contributed by atoms with Gasteiger partial charge in [0.1, 0.15) is 6.10 Å². The van der Waals surface area contributed by atoms with Gasteiger partial charge >= 0.3 is 0 Å². The predicted molar refractivity (Wildman–Crippen MR) is 70.0 cm³/mol.